The molecule has 0 aliphatic carbocycles. The molecule has 0 aliphatic rings. The molecule has 0 radical (unpaired) electrons. The van der Waals surface area contributed by atoms with Gasteiger partial charge in [-0.25, -0.2) is 0 Å². The van der Waals surface area contributed by atoms with Crippen molar-refractivity contribution in [3.63, 3.8) is 0 Å². The van der Waals surface area contributed by atoms with Gasteiger partial charge in [-0.3, -0.25) is 14.9 Å². The van der Waals surface area contributed by atoms with E-state index in [0.29, 0.717) is 51.7 Å². The maximum Gasteiger partial charge on any atom is 0.250 e. The number of aromatic hydroxyl groups is 1. The lowest BCUT2D eigenvalue weighted by molar-refractivity contribution is -0.121. The number of methoxy groups -OCH3 is 5. The van der Waals surface area contributed by atoms with E-state index in [9.17, 15) is 14.7 Å². The van der Waals surface area contributed by atoms with E-state index in [4.69, 9.17) is 23.7 Å². The summed E-state index contributed by atoms with van der Waals surface area (Å²) in [7, 11) is 7.56. The smallest absolute Gasteiger partial charge is 0.250 e. The van der Waals surface area contributed by atoms with Gasteiger partial charge in [0, 0.05) is 11.6 Å². The Morgan fingerprint density at radius 1 is 0.789 bits per heavy atom. The average molecular weight is 520 g/mol. The molecule has 0 aliphatic heterocycles. The molecule has 0 fully saturated rings. The van der Waals surface area contributed by atoms with Crippen molar-refractivity contribution < 1.29 is 38.4 Å². The largest absolute Gasteiger partial charge is 0.504 e. The monoisotopic (exact) mass is 519 g/mol. The number of nitrogens with one attached hydrogen (secondary N) is 1. The molecule has 0 heterocycles. The van der Waals surface area contributed by atoms with Crippen LogP contribution in [0.1, 0.15) is 22.3 Å². The van der Waals surface area contributed by atoms with Crippen molar-refractivity contribution >= 4 is 30.0 Å². The molecule has 9 heteroatoms. The third kappa shape index (κ3) is 6.07. The lowest BCUT2D eigenvalue weighted by Crippen LogP contribution is -2.19. The molecule has 2 N–H and O–H groups in total. The van der Waals surface area contributed by atoms with Crippen molar-refractivity contribution in [3.05, 3.63) is 76.9 Å². The van der Waals surface area contributed by atoms with Crippen LogP contribution < -0.4 is 29.0 Å². The van der Waals surface area contributed by atoms with Gasteiger partial charge in [-0.2, -0.15) is 0 Å². The minimum atomic E-state index is -0.660. The van der Waals surface area contributed by atoms with Gasteiger partial charge < -0.3 is 28.8 Å². The van der Waals surface area contributed by atoms with Crippen LogP contribution in [0.2, 0.25) is 0 Å². The van der Waals surface area contributed by atoms with Crippen molar-refractivity contribution in [2.24, 2.45) is 0 Å². The Kier molecular flexibility index (Phi) is 9.37. The van der Waals surface area contributed by atoms with E-state index in [0.717, 1.165) is 5.56 Å². The Morgan fingerprint density at radius 3 is 1.95 bits per heavy atom. The molecule has 0 saturated carbocycles. The topological polar surface area (TPSA) is 113 Å². The van der Waals surface area contributed by atoms with Crippen molar-refractivity contribution in [1.82, 2.24) is 5.32 Å². The van der Waals surface area contributed by atoms with Gasteiger partial charge in [0.05, 0.1) is 35.5 Å². The first-order chi connectivity index (χ1) is 18.4. The van der Waals surface area contributed by atoms with Crippen LogP contribution in [0.4, 0.5) is 0 Å². The molecule has 0 bridgehead atoms. The van der Waals surface area contributed by atoms with Gasteiger partial charge in [0.1, 0.15) is 5.75 Å². The summed E-state index contributed by atoms with van der Waals surface area (Å²) >= 11 is 0. The normalized spacial score (nSPS) is 11.1. The lowest BCUT2D eigenvalue weighted by Gasteiger charge is -2.17. The minimum Gasteiger partial charge on any atom is -0.504 e. The molecule has 3 aromatic rings. The SMILES string of the molecule is COc1ccc(/C(=C\C(=O)NC=O)c2c(/C=C/c3cc(OC)c(OC)c(OC)c3)ccc(OC)c2O)cc1. The first-order valence-corrected chi connectivity index (χ1v) is 11.4. The van der Waals surface area contributed by atoms with Crippen LogP contribution in [0.15, 0.2) is 54.6 Å². The summed E-state index contributed by atoms with van der Waals surface area (Å²) in [6, 6.07) is 13.8. The van der Waals surface area contributed by atoms with Gasteiger partial charge in [-0.15, -0.1) is 0 Å². The second-order valence-corrected chi connectivity index (χ2v) is 7.79. The van der Waals surface area contributed by atoms with Gasteiger partial charge in [0.2, 0.25) is 12.2 Å². The van der Waals surface area contributed by atoms with E-state index in [1.54, 1.807) is 67.8 Å². The van der Waals surface area contributed by atoms with Crippen LogP contribution >= 0.6 is 0 Å². The number of carbonyl (C=O) groups excluding carboxylic acids is 2. The number of imide groups is 1. The van der Waals surface area contributed by atoms with E-state index >= 15 is 0 Å². The molecule has 38 heavy (non-hydrogen) atoms. The maximum atomic E-state index is 12.5. The molecular weight excluding hydrogens is 490 g/mol. The number of phenolic OH excluding ortho intramolecular Hbond substituents is 1. The molecule has 3 rings (SSSR count). The number of carbonyl (C=O) groups is 2. The summed E-state index contributed by atoms with van der Waals surface area (Å²) in [5, 5.41) is 13.3. The molecule has 3 aromatic carbocycles. The van der Waals surface area contributed by atoms with Crippen LogP contribution in [-0.4, -0.2) is 53.0 Å². The third-order valence-electron chi connectivity index (χ3n) is 5.68. The summed E-state index contributed by atoms with van der Waals surface area (Å²) in [6.07, 6.45) is 5.10. The Labute approximate surface area is 220 Å². The van der Waals surface area contributed by atoms with Crippen LogP contribution in [0.5, 0.6) is 34.5 Å². The van der Waals surface area contributed by atoms with E-state index in [2.05, 4.69) is 5.32 Å². The Hall–Kier alpha value is -4.92. The standard InChI is InChI=1S/C29H29NO8/c1-34-21-11-8-19(9-12-21)22(16-26(32)30-17-31)27-20(10-13-23(35-2)28(27)33)7-6-18-14-24(36-3)29(38-5)25(15-18)37-4/h6-17,33H,1-5H3,(H,30,31,32)/b7-6+,22-16+. The first kappa shape index (κ1) is 27.7. The molecule has 0 aromatic heterocycles. The summed E-state index contributed by atoms with van der Waals surface area (Å²) in [5.41, 5.74) is 2.57. The van der Waals surface area contributed by atoms with Crippen molar-refractivity contribution in [2.45, 2.75) is 0 Å². The highest BCUT2D eigenvalue weighted by Crippen LogP contribution is 2.42. The number of ether oxygens (including phenoxy) is 5. The van der Waals surface area contributed by atoms with Gasteiger partial charge in [-0.1, -0.05) is 30.4 Å². The summed E-state index contributed by atoms with van der Waals surface area (Å²) in [5.74, 6) is 1.40. The predicted octanol–water partition coefficient (Wildman–Crippen LogP) is 4.31. The quantitative estimate of drug-likeness (QED) is 0.219. The molecule has 0 saturated heterocycles. The molecule has 198 valence electrons. The zero-order valence-corrected chi connectivity index (χ0v) is 21.7. The number of amides is 2. The van der Waals surface area contributed by atoms with Gasteiger partial charge in [0.25, 0.3) is 5.91 Å². The predicted molar refractivity (Wildman–Crippen MR) is 144 cm³/mol. The Morgan fingerprint density at radius 2 is 1.42 bits per heavy atom. The number of benzene rings is 3. The maximum absolute atomic E-state index is 12.5. The zero-order valence-electron chi connectivity index (χ0n) is 21.7. The van der Waals surface area contributed by atoms with Crippen LogP contribution in [0.3, 0.4) is 0 Å². The van der Waals surface area contributed by atoms with Crippen LogP contribution in [0, 0.1) is 0 Å². The van der Waals surface area contributed by atoms with Gasteiger partial charge in [-0.05, 0) is 52.6 Å². The van der Waals surface area contributed by atoms with Crippen LogP contribution in [0.25, 0.3) is 17.7 Å². The molecule has 0 spiro atoms. The highest BCUT2D eigenvalue weighted by molar-refractivity contribution is 6.04. The van der Waals surface area contributed by atoms with E-state index in [1.807, 2.05) is 0 Å². The number of hydrogen-bond donors (Lipinski definition) is 2. The second kappa shape index (κ2) is 12.9. The van der Waals surface area contributed by atoms with Crippen molar-refractivity contribution in [1.29, 1.82) is 0 Å². The number of phenols is 1. The van der Waals surface area contributed by atoms with Crippen molar-refractivity contribution in [3.8, 4) is 34.5 Å². The third-order valence-corrected chi connectivity index (χ3v) is 5.68. The van der Waals surface area contributed by atoms with E-state index < -0.39 is 5.91 Å². The van der Waals surface area contributed by atoms with E-state index in [-0.39, 0.29) is 11.5 Å². The second-order valence-electron chi connectivity index (χ2n) is 7.79. The van der Waals surface area contributed by atoms with Gasteiger partial charge in [0.15, 0.2) is 23.0 Å². The fraction of sp³-hybridized carbons (Fsp3) is 0.172. The van der Waals surface area contributed by atoms with E-state index in [1.165, 1.54) is 34.5 Å². The number of rotatable bonds is 11. The molecule has 2 amide bonds. The Balaban J connectivity index is 2.23. The molecule has 0 unspecified atom stereocenters. The zero-order chi connectivity index (χ0) is 27.7. The van der Waals surface area contributed by atoms with Crippen LogP contribution in [-0.2, 0) is 9.59 Å². The lowest BCUT2D eigenvalue weighted by atomic mass is 9.91. The van der Waals surface area contributed by atoms with Gasteiger partial charge >= 0.3 is 0 Å². The summed E-state index contributed by atoms with van der Waals surface area (Å²) < 4.78 is 26.9. The fourth-order valence-corrected chi connectivity index (χ4v) is 3.86. The molecule has 9 nitrogen and oxygen atoms in total. The number of hydrogen-bond acceptors (Lipinski definition) is 8. The summed E-state index contributed by atoms with van der Waals surface area (Å²) in [6.45, 7) is 0. The Bertz CT molecular complexity index is 1330. The molecule has 0 atom stereocenters. The minimum absolute atomic E-state index is 0.180. The fourth-order valence-electron chi connectivity index (χ4n) is 3.86. The highest BCUT2D eigenvalue weighted by atomic mass is 16.5. The van der Waals surface area contributed by atoms with Crippen molar-refractivity contribution in [2.75, 3.05) is 35.5 Å². The average Bonchev–Trinajstić information content (AvgIpc) is 2.94. The molecular formula is C29H29NO8. The summed E-state index contributed by atoms with van der Waals surface area (Å²) in [4.78, 5) is 23.4. The highest BCUT2D eigenvalue weighted by Gasteiger charge is 2.19. The first-order valence-electron chi connectivity index (χ1n) is 11.4.